The molecule has 6 heteroatoms. The van der Waals surface area contributed by atoms with E-state index in [1.807, 2.05) is 0 Å². The summed E-state index contributed by atoms with van der Waals surface area (Å²) in [7, 11) is 0. The zero-order valence-corrected chi connectivity index (χ0v) is 12.4. The van der Waals surface area contributed by atoms with Crippen molar-refractivity contribution in [3.8, 4) is 0 Å². The Bertz CT molecular complexity index is 650. The molecule has 1 unspecified atom stereocenters. The summed E-state index contributed by atoms with van der Waals surface area (Å²) in [6, 6.07) is 4.11. The van der Waals surface area contributed by atoms with E-state index in [1.54, 1.807) is 13.0 Å². The van der Waals surface area contributed by atoms with Crippen LogP contribution in [0.3, 0.4) is 0 Å². The van der Waals surface area contributed by atoms with E-state index in [0.717, 1.165) is 30.8 Å². The number of rotatable bonds is 3. The van der Waals surface area contributed by atoms with Crippen molar-refractivity contribution in [2.24, 2.45) is 0 Å². The first-order valence-electron chi connectivity index (χ1n) is 7.44. The summed E-state index contributed by atoms with van der Waals surface area (Å²) < 4.78 is 0. The van der Waals surface area contributed by atoms with Crippen molar-refractivity contribution in [1.82, 2.24) is 4.90 Å². The third kappa shape index (κ3) is 2.39. The van der Waals surface area contributed by atoms with Gasteiger partial charge in [-0.1, -0.05) is 6.07 Å². The Hall–Kier alpha value is -2.21. The quantitative estimate of drug-likeness (QED) is 0.854. The summed E-state index contributed by atoms with van der Waals surface area (Å²) in [5.41, 5.74) is 1.18. The van der Waals surface area contributed by atoms with Crippen molar-refractivity contribution in [3.05, 3.63) is 29.3 Å². The maximum absolute atomic E-state index is 12.7. The minimum absolute atomic E-state index is 0.0748. The molecule has 0 spiro atoms. The van der Waals surface area contributed by atoms with E-state index in [2.05, 4.69) is 4.90 Å². The Balaban J connectivity index is 1.94. The van der Waals surface area contributed by atoms with E-state index in [0.29, 0.717) is 11.3 Å². The summed E-state index contributed by atoms with van der Waals surface area (Å²) in [5, 5.41) is 9.10. The zero-order valence-electron chi connectivity index (χ0n) is 12.4. The largest absolute Gasteiger partial charge is 0.478 e. The van der Waals surface area contributed by atoms with Crippen molar-refractivity contribution in [2.45, 2.75) is 32.2 Å². The summed E-state index contributed by atoms with van der Waals surface area (Å²) in [6.45, 7) is 3.45. The molecule has 22 heavy (non-hydrogen) atoms. The van der Waals surface area contributed by atoms with Crippen molar-refractivity contribution in [2.75, 3.05) is 18.0 Å². The van der Waals surface area contributed by atoms with Gasteiger partial charge in [-0.25, -0.2) is 9.69 Å². The molecule has 0 bridgehead atoms. The van der Waals surface area contributed by atoms with Gasteiger partial charge in [0.1, 0.15) is 0 Å². The first-order chi connectivity index (χ1) is 10.5. The molecule has 6 nitrogen and oxygen atoms in total. The number of carboxylic acid groups (broad SMARTS) is 1. The van der Waals surface area contributed by atoms with Gasteiger partial charge in [0.15, 0.2) is 0 Å². The fourth-order valence-electron chi connectivity index (χ4n) is 3.19. The number of likely N-dealkylation sites (tertiary alicyclic amines) is 1. The van der Waals surface area contributed by atoms with Gasteiger partial charge in [0.25, 0.3) is 5.91 Å². The monoisotopic (exact) mass is 302 g/mol. The average Bonchev–Trinajstić information content (AvgIpc) is 3.08. The van der Waals surface area contributed by atoms with Crippen LogP contribution >= 0.6 is 0 Å². The number of aromatic carboxylic acids is 1. The second kappa shape index (κ2) is 5.53. The topological polar surface area (TPSA) is 77.9 Å². The molecule has 1 aromatic rings. The fraction of sp³-hybridized carbons (Fsp3) is 0.438. The number of carbonyl (C=O) groups excluding carboxylic acids is 2. The van der Waals surface area contributed by atoms with Gasteiger partial charge in [-0.15, -0.1) is 0 Å². The number of anilines is 1. The number of carbonyl (C=O) groups is 3. The zero-order chi connectivity index (χ0) is 15.9. The number of aryl methyl sites for hydroxylation is 1. The molecule has 1 aromatic carbocycles. The lowest BCUT2D eigenvalue weighted by Crippen LogP contribution is -2.40. The van der Waals surface area contributed by atoms with E-state index >= 15 is 0 Å². The van der Waals surface area contributed by atoms with Crippen LogP contribution in [0, 0.1) is 6.92 Å². The highest BCUT2D eigenvalue weighted by Crippen LogP contribution is 2.30. The Morgan fingerprint density at radius 2 is 1.91 bits per heavy atom. The molecule has 0 saturated carbocycles. The number of carboxylic acids is 1. The normalized spacial score (nSPS) is 22.6. The first kappa shape index (κ1) is 14.7. The van der Waals surface area contributed by atoms with Gasteiger partial charge in [-0.3, -0.25) is 14.5 Å². The molecule has 0 radical (unpaired) electrons. The Labute approximate surface area is 128 Å². The summed E-state index contributed by atoms with van der Waals surface area (Å²) >= 11 is 0. The van der Waals surface area contributed by atoms with Crippen molar-refractivity contribution in [1.29, 1.82) is 0 Å². The lowest BCUT2D eigenvalue weighted by molar-refractivity contribution is -0.122. The number of amides is 2. The molecule has 116 valence electrons. The molecular formula is C16H18N2O4. The maximum Gasteiger partial charge on any atom is 0.335 e. The van der Waals surface area contributed by atoms with Crippen LogP contribution < -0.4 is 4.90 Å². The van der Waals surface area contributed by atoms with E-state index in [1.165, 1.54) is 12.1 Å². The van der Waals surface area contributed by atoms with Crippen LogP contribution in [0.4, 0.5) is 5.69 Å². The minimum atomic E-state index is -1.07. The Kier molecular flexibility index (Phi) is 3.70. The fourth-order valence-corrected chi connectivity index (χ4v) is 3.19. The van der Waals surface area contributed by atoms with Crippen LogP contribution in [0.25, 0.3) is 0 Å². The molecule has 1 atom stereocenters. The molecule has 2 heterocycles. The van der Waals surface area contributed by atoms with Crippen LogP contribution in [0.1, 0.15) is 35.2 Å². The van der Waals surface area contributed by atoms with Gasteiger partial charge in [-0.05, 0) is 50.6 Å². The third-order valence-corrected chi connectivity index (χ3v) is 4.40. The molecule has 2 aliphatic heterocycles. The molecule has 2 aliphatic rings. The van der Waals surface area contributed by atoms with Crippen molar-refractivity contribution < 1.29 is 19.5 Å². The number of hydrogen-bond acceptors (Lipinski definition) is 4. The highest BCUT2D eigenvalue weighted by molar-refractivity contribution is 6.23. The number of nitrogens with zero attached hydrogens (tertiary/aromatic N) is 2. The van der Waals surface area contributed by atoms with Crippen molar-refractivity contribution >= 4 is 23.5 Å². The molecule has 2 fully saturated rings. The Morgan fingerprint density at radius 3 is 2.55 bits per heavy atom. The smallest absolute Gasteiger partial charge is 0.335 e. The van der Waals surface area contributed by atoms with Crippen LogP contribution in [0.5, 0.6) is 0 Å². The third-order valence-electron chi connectivity index (χ3n) is 4.40. The van der Waals surface area contributed by atoms with Gasteiger partial charge >= 0.3 is 5.97 Å². The van der Waals surface area contributed by atoms with Gasteiger partial charge in [-0.2, -0.15) is 0 Å². The minimum Gasteiger partial charge on any atom is -0.478 e. The average molecular weight is 302 g/mol. The van der Waals surface area contributed by atoms with Gasteiger partial charge in [0.05, 0.1) is 23.7 Å². The number of benzene rings is 1. The highest BCUT2D eigenvalue weighted by Gasteiger charge is 2.43. The van der Waals surface area contributed by atoms with Gasteiger partial charge in [0, 0.05) is 0 Å². The second-order valence-corrected chi connectivity index (χ2v) is 5.84. The van der Waals surface area contributed by atoms with E-state index < -0.39 is 12.0 Å². The summed E-state index contributed by atoms with van der Waals surface area (Å²) in [5.74, 6) is -1.57. The van der Waals surface area contributed by atoms with Crippen LogP contribution in [-0.2, 0) is 9.59 Å². The maximum atomic E-state index is 12.7. The molecule has 2 amide bonds. The molecular weight excluding hydrogens is 284 g/mol. The molecule has 1 N–H and O–H groups in total. The Morgan fingerprint density at radius 1 is 1.23 bits per heavy atom. The molecule has 0 aromatic heterocycles. The van der Waals surface area contributed by atoms with Gasteiger partial charge < -0.3 is 5.11 Å². The predicted molar refractivity (Wildman–Crippen MR) is 79.8 cm³/mol. The first-order valence-corrected chi connectivity index (χ1v) is 7.44. The van der Waals surface area contributed by atoms with Crippen LogP contribution in [0.15, 0.2) is 18.2 Å². The highest BCUT2D eigenvalue weighted by atomic mass is 16.4. The standard InChI is InChI=1S/C16H18N2O4/c1-10-4-5-11(16(21)22)8-12(10)18-14(19)9-13(15(18)20)17-6-2-3-7-17/h4-5,8,13H,2-3,6-7,9H2,1H3,(H,21,22). The lowest BCUT2D eigenvalue weighted by atomic mass is 10.1. The molecule has 2 saturated heterocycles. The molecule has 3 rings (SSSR count). The van der Waals surface area contributed by atoms with Gasteiger partial charge in [0.2, 0.25) is 5.91 Å². The van der Waals surface area contributed by atoms with E-state index in [9.17, 15) is 14.4 Å². The second-order valence-electron chi connectivity index (χ2n) is 5.84. The molecule has 0 aliphatic carbocycles. The summed E-state index contributed by atoms with van der Waals surface area (Å²) in [4.78, 5) is 39.3. The van der Waals surface area contributed by atoms with Crippen molar-refractivity contribution in [3.63, 3.8) is 0 Å². The van der Waals surface area contributed by atoms with E-state index in [4.69, 9.17) is 5.11 Å². The SMILES string of the molecule is Cc1ccc(C(=O)O)cc1N1C(=O)CC(N2CCCC2)C1=O. The van der Waals surface area contributed by atoms with E-state index in [-0.39, 0.29) is 23.8 Å². The van der Waals surface area contributed by atoms with Crippen LogP contribution in [0.2, 0.25) is 0 Å². The lowest BCUT2D eigenvalue weighted by Gasteiger charge is -2.22. The summed E-state index contributed by atoms with van der Waals surface area (Å²) in [6.07, 6.45) is 2.27. The number of imide groups is 1. The van der Waals surface area contributed by atoms with Crippen LogP contribution in [-0.4, -0.2) is 46.9 Å². The number of hydrogen-bond donors (Lipinski definition) is 1. The predicted octanol–water partition coefficient (Wildman–Crippen LogP) is 1.42.